The van der Waals surface area contributed by atoms with Gasteiger partial charge in [-0.05, 0) is 82.4 Å². The molecular weight excluding hydrogens is 685 g/mol. The normalized spacial score (nSPS) is 11.6. The van der Waals surface area contributed by atoms with Gasteiger partial charge in [-0.2, -0.15) is 0 Å². The Hall–Kier alpha value is -7.56. The van der Waals surface area contributed by atoms with E-state index in [4.69, 9.17) is 18.8 Å². The minimum atomic E-state index is 0.678. The molecule has 3 aromatic heterocycles. The number of para-hydroxylation sites is 3. The standard InChI is InChI=1S/C52H32N2O2/c1-3-13-33(14-4-1)46-32-47(54-52(53-46)34-15-5-2-6-16-34)40-29-38(28-39(30-40)41-21-12-22-44-42-19-7-10-24-49(42)56-51(41)44)36-18-11-17-35(27-36)37-25-26-50-45(31-37)43-20-8-9-23-48(43)55-50/h1-32H. The van der Waals surface area contributed by atoms with Crippen molar-refractivity contribution in [3.8, 4) is 67.3 Å². The van der Waals surface area contributed by atoms with Gasteiger partial charge in [0.25, 0.3) is 0 Å². The quantitative estimate of drug-likeness (QED) is 0.172. The summed E-state index contributed by atoms with van der Waals surface area (Å²) < 4.78 is 12.7. The van der Waals surface area contributed by atoms with Gasteiger partial charge in [0, 0.05) is 43.8 Å². The highest BCUT2D eigenvalue weighted by atomic mass is 16.3. The van der Waals surface area contributed by atoms with Crippen LogP contribution in [0.2, 0.25) is 0 Å². The zero-order chi connectivity index (χ0) is 37.0. The molecular formula is C52H32N2O2. The van der Waals surface area contributed by atoms with Crippen LogP contribution in [0.3, 0.4) is 0 Å². The second-order valence-corrected chi connectivity index (χ2v) is 14.2. The Labute approximate surface area is 323 Å². The first kappa shape index (κ1) is 31.9. The number of fused-ring (bicyclic) bond motifs is 6. The van der Waals surface area contributed by atoms with Crippen LogP contribution >= 0.6 is 0 Å². The Morgan fingerprint density at radius 3 is 1.59 bits per heavy atom. The molecule has 0 spiro atoms. The Bertz CT molecular complexity index is 3190. The van der Waals surface area contributed by atoms with E-state index in [9.17, 15) is 0 Å². The number of aromatic nitrogens is 2. The third kappa shape index (κ3) is 5.55. The Balaban J connectivity index is 1.12. The summed E-state index contributed by atoms with van der Waals surface area (Å²) in [6.07, 6.45) is 0. The van der Waals surface area contributed by atoms with Crippen molar-refractivity contribution in [2.75, 3.05) is 0 Å². The van der Waals surface area contributed by atoms with Crippen molar-refractivity contribution in [1.82, 2.24) is 9.97 Å². The fraction of sp³-hybridized carbons (Fsp3) is 0. The largest absolute Gasteiger partial charge is 0.456 e. The van der Waals surface area contributed by atoms with Gasteiger partial charge in [-0.25, -0.2) is 9.97 Å². The molecule has 0 amide bonds. The van der Waals surface area contributed by atoms with Crippen LogP contribution in [-0.2, 0) is 0 Å². The zero-order valence-electron chi connectivity index (χ0n) is 30.2. The predicted octanol–water partition coefficient (Wildman–Crippen LogP) is 14.3. The molecule has 0 unspecified atom stereocenters. The lowest BCUT2D eigenvalue weighted by Gasteiger charge is -2.14. The van der Waals surface area contributed by atoms with E-state index < -0.39 is 0 Å². The van der Waals surface area contributed by atoms with Crippen LogP contribution in [0.25, 0.3) is 111 Å². The van der Waals surface area contributed by atoms with Crippen LogP contribution in [0, 0.1) is 0 Å². The van der Waals surface area contributed by atoms with Gasteiger partial charge >= 0.3 is 0 Å². The Morgan fingerprint density at radius 1 is 0.286 bits per heavy atom. The molecule has 56 heavy (non-hydrogen) atoms. The van der Waals surface area contributed by atoms with Gasteiger partial charge < -0.3 is 8.83 Å². The molecule has 8 aromatic carbocycles. The summed E-state index contributed by atoms with van der Waals surface area (Å²) in [6.45, 7) is 0. The average Bonchev–Trinajstić information content (AvgIpc) is 3.85. The van der Waals surface area contributed by atoms with Crippen molar-refractivity contribution in [3.63, 3.8) is 0 Å². The predicted molar refractivity (Wildman–Crippen MR) is 229 cm³/mol. The van der Waals surface area contributed by atoms with Crippen LogP contribution in [-0.4, -0.2) is 9.97 Å². The van der Waals surface area contributed by atoms with Crippen molar-refractivity contribution in [3.05, 3.63) is 194 Å². The highest BCUT2D eigenvalue weighted by molar-refractivity contribution is 6.10. The van der Waals surface area contributed by atoms with Gasteiger partial charge in [0.2, 0.25) is 0 Å². The minimum absolute atomic E-state index is 0.678. The third-order valence-corrected chi connectivity index (χ3v) is 10.7. The van der Waals surface area contributed by atoms with E-state index in [0.29, 0.717) is 5.82 Å². The topological polar surface area (TPSA) is 52.1 Å². The van der Waals surface area contributed by atoms with Crippen LogP contribution in [0.15, 0.2) is 203 Å². The lowest BCUT2D eigenvalue weighted by molar-refractivity contribution is 0.669. The Kier molecular flexibility index (Phi) is 7.46. The number of hydrogen-bond donors (Lipinski definition) is 0. The zero-order valence-corrected chi connectivity index (χ0v) is 30.2. The van der Waals surface area contributed by atoms with Gasteiger partial charge in [-0.3, -0.25) is 0 Å². The van der Waals surface area contributed by atoms with Gasteiger partial charge in [-0.1, -0.05) is 140 Å². The van der Waals surface area contributed by atoms with Gasteiger partial charge in [0.05, 0.1) is 11.4 Å². The first-order valence-corrected chi connectivity index (χ1v) is 18.8. The van der Waals surface area contributed by atoms with Crippen LogP contribution in [0.4, 0.5) is 0 Å². The second kappa shape index (κ2) is 13.1. The smallest absolute Gasteiger partial charge is 0.160 e. The summed E-state index contributed by atoms with van der Waals surface area (Å²) >= 11 is 0. The van der Waals surface area contributed by atoms with Crippen LogP contribution < -0.4 is 0 Å². The molecule has 0 bridgehead atoms. The number of nitrogens with zero attached hydrogens (tertiary/aromatic N) is 2. The van der Waals surface area contributed by atoms with Crippen LogP contribution in [0.5, 0.6) is 0 Å². The molecule has 262 valence electrons. The molecule has 3 heterocycles. The first-order valence-electron chi connectivity index (χ1n) is 18.8. The fourth-order valence-electron chi connectivity index (χ4n) is 7.92. The number of hydrogen-bond acceptors (Lipinski definition) is 4. The maximum atomic E-state index is 6.59. The molecule has 11 aromatic rings. The maximum Gasteiger partial charge on any atom is 0.160 e. The lowest BCUT2D eigenvalue weighted by Crippen LogP contribution is -1.96. The molecule has 0 saturated carbocycles. The van der Waals surface area contributed by atoms with Crippen molar-refractivity contribution in [2.24, 2.45) is 0 Å². The molecule has 0 aliphatic heterocycles. The van der Waals surface area contributed by atoms with E-state index >= 15 is 0 Å². The van der Waals surface area contributed by atoms with E-state index in [1.165, 1.54) is 0 Å². The average molecular weight is 717 g/mol. The molecule has 0 radical (unpaired) electrons. The molecule has 0 atom stereocenters. The second-order valence-electron chi connectivity index (χ2n) is 14.2. The SMILES string of the molecule is c1ccc(-c2cc(-c3cc(-c4cccc(-c5ccc6oc7ccccc7c6c5)c4)cc(-c4cccc5c4oc4ccccc45)c3)nc(-c3ccccc3)n2)cc1. The molecule has 4 heteroatoms. The molecule has 0 fully saturated rings. The lowest BCUT2D eigenvalue weighted by atomic mass is 9.92. The Morgan fingerprint density at radius 2 is 0.804 bits per heavy atom. The van der Waals surface area contributed by atoms with E-state index in [1.54, 1.807) is 0 Å². The highest BCUT2D eigenvalue weighted by Crippen LogP contribution is 2.41. The summed E-state index contributed by atoms with van der Waals surface area (Å²) in [5.74, 6) is 0.678. The minimum Gasteiger partial charge on any atom is -0.456 e. The summed E-state index contributed by atoms with van der Waals surface area (Å²) in [7, 11) is 0. The van der Waals surface area contributed by atoms with E-state index in [0.717, 1.165) is 105 Å². The number of rotatable bonds is 6. The molecule has 0 aliphatic rings. The number of benzene rings is 8. The van der Waals surface area contributed by atoms with Crippen molar-refractivity contribution < 1.29 is 8.83 Å². The van der Waals surface area contributed by atoms with Gasteiger partial charge in [0.15, 0.2) is 5.82 Å². The van der Waals surface area contributed by atoms with Gasteiger partial charge in [0.1, 0.15) is 22.3 Å². The molecule has 4 nitrogen and oxygen atoms in total. The van der Waals surface area contributed by atoms with E-state index in [2.05, 4.69) is 133 Å². The van der Waals surface area contributed by atoms with Crippen LogP contribution in [0.1, 0.15) is 0 Å². The van der Waals surface area contributed by atoms with Crippen molar-refractivity contribution >= 4 is 43.9 Å². The van der Waals surface area contributed by atoms with E-state index in [-0.39, 0.29) is 0 Å². The molecule has 0 aliphatic carbocycles. The fourth-order valence-corrected chi connectivity index (χ4v) is 7.92. The monoisotopic (exact) mass is 716 g/mol. The maximum absolute atomic E-state index is 6.59. The highest BCUT2D eigenvalue weighted by Gasteiger charge is 2.17. The summed E-state index contributed by atoms with van der Waals surface area (Å²) in [5.41, 5.74) is 14.7. The van der Waals surface area contributed by atoms with E-state index in [1.807, 2.05) is 60.7 Å². The van der Waals surface area contributed by atoms with Crippen molar-refractivity contribution in [1.29, 1.82) is 0 Å². The van der Waals surface area contributed by atoms with Crippen molar-refractivity contribution in [2.45, 2.75) is 0 Å². The molecule has 0 saturated heterocycles. The molecule has 0 N–H and O–H groups in total. The summed E-state index contributed by atoms with van der Waals surface area (Å²) in [5, 5.41) is 4.42. The molecule has 11 rings (SSSR count). The van der Waals surface area contributed by atoms with Gasteiger partial charge in [-0.15, -0.1) is 0 Å². The summed E-state index contributed by atoms with van der Waals surface area (Å²) in [4.78, 5) is 10.3. The first-order chi connectivity index (χ1) is 27.7. The third-order valence-electron chi connectivity index (χ3n) is 10.7. The number of furan rings is 2. The summed E-state index contributed by atoms with van der Waals surface area (Å²) in [6, 6.07) is 67.5.